The lowest BCUT2D eigenvalue weighted by molar-refractivity contribution is 0.469. The van der Waals surface area contributed by atoms with Crippen LogP contribution in [0.3, 0.4) is 0 Å². The van der Waals surface area contributed by atoms with E-state index in [4.69, 9.17) is 11.6 Å². The highest BCUT2D eigenvalue weighted by Crippen LogP contribution is 2.26. The summed E-state index contributed by atoms with van der Waals surface area (Å²) in [6.45, 7) is 0.449. The number of benzene rings is 2. The Morgan fingerprint density at radius 1 is 1.05 bits per heavy atom. The van der Waals surface area contributed by atoms with Crippen LogP contribution in [0.2, 0.25) is 5.02 Å². The van der Waals surface area contributed by atoms with Crippen molar-refractivity contribution in [3.05, 3.63) is 65.4 Å². The van der Waals surface area contributed by atoms with Gasteiger partial charge in [0.2, 0.25) is 0 Å². The van der Waals surface area contributed by atoms with Gasteiger partial charge in [-0.3, -0.25) is 0 Å². The van der Waals surface area contributed by atoms with E-state index in [2.05, 4.69) is 15.5 Å². The van der Waals surface area contributed by atoms with E-state index < -0.39 is 0 Å². The topological polar surface area (TPSA) is 63.0 Å². The summed E-state index contributed by atoms with van der Waals surface area (Å²) in [5.41, 5.74) is 2.48. The van der Waals surface area contributed by atoms with E-state index in [0.717, 1.165) is 11.4 Å². The zero-order chi connectivity index (χ0) is 14.7. The number of nitrogens with one attached hydrogen (secondary N) is 1. The molecule has 0 bridgehead atoms. The van der Waals surface area contributed by atoms with E-state index in [1.165, 1.54) is 0 Å². The molecule has 2 N–H and O–H groups in total. The lowest BCUT2D eigenvalue weighted by atomic mass is 10.2. The third-order valence-corrected chi connectivity index (χ3v) is 3.43. The van der Waals surface area contributed by atoms with Gasteiger partial charge in [0, 0.05) is 22.8 Å². The molecule has 1 heterocycles. The van der Waals surface area contributed by atoms with Crippen molar-refractivity contribution in [2.45, 2.75) is 6.54 Å². The first-order valence-electron chi connectivity index (χ1n) is 6.41. The zero-order valence-corrected chi connectivity index (χ0v) is 11.8. The van der Waals surface area contributed by atoms with E-state index in [1.54, 1.807) is 35.4 Å². The Balaban J connectivity index is 1.71. The molecule has 0 fully saturated rings. The zero-order valence-electron chi connectivity index (χ0n) is 11.1. The molecule has 0 atom stereocenters. The predicted octanol–water partition coefficient (Wildman–Crippen LogP) is 3.24. The van der Waals surface area contributed by atoms with Gasteiger partial charge in [0.25, 0.3) is 0 Å². The largest absolute Gasteiger partial charge is 0.508 e. The molecule has 2 aromatic carbocycles. The second kappa shape index (κ2) is 5.85. The highest BCUT2D eigenvalue weighted by atomic mass is 35.5. The molecule has 0 saturated heterocycles. The summed E-state index contributed by atoms with van der Waals surface area (Å²) in [6, 6.07) is 12.8. The normalized spacial score (nSPS) is 10.5. The summed E-state index contributed by atoms with van der Waals surface area (Å²) in [6.07, 6.45) is 3.26. The number of anilines is 1. The molecule has 5 nitrogen and oxygen atoms in total. The molecule has 0 aliphatic carbocycles. The van der Waals surface area contributed by atoms with Gasteiger partial charge in [0.1, 0.15) is 5.75 Å². The van der Waals surface area contributed by atoms with Crippen LogP contribution in [-0.4, -0.2) is 20.1 Å². The first kappa shape index (κ1) is 13.5. The number of phenols is 1. The Morgan fingerprint density at radius 3 is 2.43 bits per heavy atom. The number of aromatic nitrogens is 3. The monoisotopic (exact) mass is 300 g/mol. The van der Waals surface area contributed by atoms with Crippen molar-refractivity contribution in [3.63, 3.8) is 0 Å². The number of aromatic hydroxyl groups is 1. The van der Waals surface area contributed by atoms with Crippen LogP contribution in [-0.2, 0) is 6.54 Å². The molecule has 0 amide bonds. The predicted molar refractivity (Wildman–Crippen MR) is 81.8 cm³/mol. The van der Waals surface area contributed by atoms with Gasteiger partial charge in [-0.25, -0.2) is 0 Å². The van der Waals surface area contributed by atoms with E-state index in [9.17, 15) is 5.11 Å². The van der Waals surface area contributed by atoms with Crippen LogP contribution >= 0.6 is 11.6 Å². The number of rotatable bonds is 4. The molecule has 0 radical (unpaired) electrons. The molecule has 6 heteroatoms. The fraction of sp³-hybridized carbons (Fsp3) is 0.0667. The molecular weight excluding hydrogens is 288 g/mol. The lowest BCUT2D eigenvalue weighted by Crippen LogP contribution is -2.02. The van der Waals surface area contributed by atoms with E-state index in [1.807, 2.05) is 24.3 Å². The average Bonchev–Trinajstić information content (AvgIpc) is 3.02. The highest BCUT2D eigenvalue weighted by molar-refractivity contribution is 6.31. The molecule has 0 unspecified atom stereocenters. The molecular formula is C15H13ClN4O. The fourth-order valence-electron chi connectivity index (χ4n) is 1.97. The maximum Gasteiger partial charge on any atom is 0.122 e. The van der Waals surface area contributed by atoms with Crippen LogP contribution in [0.1, 0.15) is 5.56 Å². The molecule has 0 spiro atoms. The van der Waals surface area contributed by atoms with E-state index in [-0.39, 0.29) is 5.75 Å². The molecule has 21 heavy (non-hydrogen) atoms. The second-order valence-electron chi connectivity index (χ2n) is 4.46. The van der Waals surface area contributed by atoms with Crippen LogP contribution < -0.4 is 5.32 Å². The smallest absolute Gasteiger partial charge is 0.122 e. The van der Waals surface area contributed by atoms with Gasteiger partial charge in [-0.1, -0.05) is 17.7 Å². The van der Waals surface area contributed by atoms with Crippen molar-refractivity contribution in [1.29, 1.82) is 0 Å². The van der Waals surface area contributed by atoms with Gasteiger partial charge in [-0.2, -0.15) is 15.0 Å². The van der Waals surface area contributed by atoms with Gasteiger partial charge in [0.15, 0.2) is 0 Å². The Hall–Kier alpha value is -2.53. The Bertz CT molecular complexity index is 706. The molecule has 0 aliphatic heterocycles. The minimum Gasteiger partial charge on any atom is -0.508 e. The maximum atomic E-state index is 9.79. The van der Waals surface area contributed by atoms with E-state index in [0.29, 0.717) is 17.1 Å². The second-order valence-corrected chi connectivity index (χ2v) is 4.86. The first-order valence-corrected chi connectivity index (χ1v) is 6.79. The summed E-state index contributed by atoms with van der Waals surface area (Å²) in [5.74, 6) is 0.187. The third-order valence-electron chi connectivity index (χ3n) is 3.08. The van der Waals surface area contributed by atoms with Crippen molar-refractivity contribution in [3.8, 4) is 11.4 Å². The number of nitrogens with zero attached hydrogens (tertiary/aromatic N) is 3. The lowest BCUT2D eigenvalue weighted by Gasteiger charge is -2.10. The van der Waals surface area contributed by atoms with Crippen molar-refractivity contribution >= 4 is 17.3 Å². The maximum absolute atomic E-state index is 9.79. The highest BCUT2D eigenvalue weighted by Gasteiger charge is 2.05. The number of hydrogen-bond donors (Lipinski definition) is 2. The van der Waals surface area contributed by atoms with Crippen molar-refractivity contribution in [1.82, 2.24) is 15.0 Å². The van der Waals surface area contributed by atoms with Crippen LogP contribution in [0.5, 0.6) is 5.75 Å². The van der Waals surface area contributed by atoms with Gasteiger partial charge in [-0.15, -0.1) is 0 Å². The first-order chi connectivity index (χ1) is 10.2. The summed E-state index contributed by atoms with van der Waals surface area (Å²) in [5, 5.41) is 21.7. The molecule has 1 aromatic heterocycles. The van der Waals surface area contributed by atoms with Crippen LogP contribution in [0, 0.1) is 0 Å². The summed E-state index contributed by atoms with van der Waals surface area (Å²) < 4.78 is 0. The molecule has 3 rings (SSSR count). The minimum absolute atomic E-state index is 0.187. The molecule has 106 valence electrons. The molecule has 0 aliphatic rings. The van der Waals surface area contributed by atoms with Crippen LogP contribution in [0.15, 0.2) is 54.9 Å². The Labute approximate surface area is 126 Å². The summed E-state index contributed by atoms with van der Waals surface area (Å²) >= 11 is 6.07. The fourth-order valence-corrected chi connectivity index (χ4v) is 2.21. The summed E-state index contributed by atoms with van der Waals surface area (Å²) in [7, 11) is 0. The van der Waals surface area contributed by atoms with Gasteiger partial charge in [0.05, 0.1) is 18.1 Å². The van der Waals surface area contributed by atoms with Gasteiger partial charge >= 0.3 is 0 Å². The van der Waals surface area contributed by atoms with E-state index >= 15 is 0 Å². The number of phenolic OH excluding ortho intramolecular Hbond substituents is 1. The van der Waals surface area contributed by atoms with Gasteiger partial charge in [-0.05, 0) is 36.4 Å². The summed E-state index contributed by atoms with van der Waals surface area (Å²) in [4.78, 5) is 1.55. The Kier molecular flexibility index (Phi) is 3.75. The van der Waals surface area contributed by atoms with Gasteiger partial charge < -0.3 is 10.4 Å². The van der Waals surface area contributed by atoms with Crippen molar-refractivity contribution < 1.29 is 5.11 Å². The van der Waals surface area contributed by atoms with Crippen LogP contribution in [0.4, 0.5) is 5.69 Å². The van der Waals surface area contributed by atoms with Crippen LogP contribution in [0.25, 0.3) is 5.69 Å². The third kappa shape index (κ3) is 2.98. The molecule has 3 aromatic rings. The Morgan fingerprint density at radius 2 is 1.76 bits per heavy atom. The SMILES string of the molecule is Oc1cccc(Cl)c1CNc1ccc(-n2nccn2)cc1. The van der Waals surface area contributed by atoms with Crippen molar-refractivity contribution in [2.24, 2.45) is 0 Å². The average molecular weight is 301 g/mol. The minimum atomic E-state index is 0.187. The van der Waals surface area contributed by atoms with Crippen molar-refractivity contribution in [2.75, 3.05) is 5.32 Å². The standard InChI is InChI=1S/C15H13ClN4O/c16-14-2-1-3-15(21)13(14)10-17-11-4-6-12(7-5-11)20-18-8-9-19-20/h1-9,17,21H,10H2. The molecule has 0 saturated carbocycles. The number of halogens is 1. The quantitative estimate of drug-likeness (QED) is 0.776. The number of hydrogen-bond acceptors (Lipinski definition) is 4.